The molecule has 90 valence electrons. The van der Waals surface area contributed by atoms with Crippen molar-refractivity contribution in [3.05, 3.63) is 5.01 Å². The summed E-state index contributed by atoms with van der Waals surface area (Å²) in [6, 6.07) is 0. The van der Waals surface area contributed by atoms with Crippen LogP contribution < -0.4 is 5.73 Å². The maximum absolute atomic E-state index is 10.2. The molecule has 0 unspecified atom stereocenters. The Morgan fingerprint density at radius 1 is 1.44 bits per heavy atom. The highest BCUT2D eigenvalue weighted by molar-refractivity contribution is 7.15. The van der Waals surface area contributed by atoms with Crippen molar-refractivity contribution < 1.29 is 5.11 Å². The molecule has 0 atom stereocenters. The van der Waals surface area contributed by atoms with Crippen molar-refractivity contribution in [1.82, 2.24) is 15.1 Å². The second-order valence-corrected chi connectivity index (χ2v) is 5.73. The van der Waals surface area contributed by atoms with Crippen LogP contribution in [0.15, 0.2) is 0 Å². The zero-order valence-electron chi connectivity index (χ0n) is 9.52. The molecule has 0 bridgehead atoms. The molecule has 0 saturated heterocycles. The van der Waals surface area contributed by atoms with Crippen LogP contribution in [-0.4, -0.2) is 39.4 Å². The van der Waals surface area contributed by atoms with Gasteiger partial charge in [0, 0.05) is 6.54 Å². The Morgan fingerprint density at radius 3 is 2.69 bits per heavy atom. The van der Waals surface area contributed by atoms with E-state index in [0.29, 0.717) is 18.2 Å². The fraction of sp³-hybridized carbons (Fsp3) is 0.800. The summed E-state index contributed by atoms with van der Waals surface area (Å²) in [5.41, 5.74) is 5.03. The number of aromatic nitrogens is 2. The van der Waals surface area contributed by atoms with Crippen molar-refractivity contribution in [3.63, 3.8) is 0 Å². The molecule has 0 amide bonds. The van der Waals surface area contributed by atoms with Crippen LogP contribution in [0.5, 0.6) is 0 Å². The third-order valence-electron chi connectivity index (χ3n) is 2.99. The molecule has 0 aliphatic heterocycles. The number of likely N-dealkylation sites (N-methyl/N-ethyl adjacent to an activating group) is 1. The van der Waals surface area contributed by atoms with Crippen LogP contribution in [0.2, 0.25) is 0 Å². The molecular weight excluding hydrogens is 224 g/mol. The Balaban J connectivity index is 1.86. The summed E-state index contributed by atoms with van der Waals surface area (Å²) in [6.45, 7) is 1.41. The Bertz CT molecular complexity index is 348. The molecule has 1 aliphatic rings. The van der Waals surface area contributed by atoms with Crippen molar-refractivity contribution in [2.45, 2.75) is 37.8 Å². The first kappa shape index (κ1) is 11.8. The van der Waals surface area contributed by atoms with Crippen molar-refractivity contribution in [1.29, 1.82) is 0 Å². The van der Waals surface area contributed by atoms with Gasteiger partial charge in [-0.25, -0.2) is 0 Å². The van der Waals surface area contributed by atoms with E-state index in [2.05, 4.69) is 15.1 Å². The maximum atomic E-state index is 10.2. The molecule has 5 nitrogen and oxygen atoms in total. The van der Waals surface area contributed by atoms with E-state index in [0.717, 1.165) is 30.7 Å². The Hall–Kier alpha value is -0.720. The lowest BCUT2D eigenvalue weighted by Crippen LogP contribution is -2.38. The van der Waals surface area contributed by atoms with E-state index in [4.69, 9.17) is 5.73 Å². The van der Waals surface area contributed by atoms with Gasteiger partial charge in [0.15, 0.2) is 0 Å². The van der Waals surface area contributed by atoms with E-state index in [-0.39, 0.29) is 0 Å². The van der Waals surface area contributed by atoms with Crippen LogP contribution in [0.3, 0.4) is 0 Å². The van der Waals surface area contributed by atoms with Crippen LogP contribution >= 0.6 is 11.3 Å². The van der Waals surface area contributed by atoms with Crippen molar-refractivity contribution >= 4 is 16.5 Å². The largest absolute Gasteiger partial charge is 0.389 e. The summed E-state index contributed by atoms with van der Waals surface area (Å²) in [7, 11) is 1.99. The van der Waals surface area contributed by atoms with Gasteiger partial charge in [-0.3, -0.25) is 4.90 Å². The monoisotopic (exact) mass is 242 g/mol. The predicted octanol–water partition coefficient (Wildman–Crippen LogP) is 0.857. The molecule has 0 spiro atoms. The fourth-order valence-electron chi connectivity index (χ4n) is 2.31. The van der Waals surface area contributed by atoms with Gasteiger partial charge >= 0.3 is 0 Å². The highest BCUT2D eigenvalue weighted by Gasteiger charge is 2.32. The summed E-state index contributed by atoms with van der Waals surface area (Å²) >= 11 is 1.41. The number of nitrogen functional groups attached to an aromatic ring is 1. The number of aliphatic hydroxyl groups is 1. The van der Waals surface area contributed by atoms with Crippen LogP contribution in [0.1, 0.15) is 30.7 Å². The molecule has 1 saturated carbocycles. The molecule has 16 heavy (non-hydrogen) atoms. The quantitative estimate of drug-likeness (QED) is 0.819. The summed E-state index contributed by atoms with van der Waals surface area (Å²) in [4.78, 5) is 2.09. The lowest BCUT2D eigenvalue weighted by Gasteiger charge is -2.27. The zero-order valence-corrected chi connectivity index (χ0v) is 10.3. The topological polar surface area (TPSA) is 75.3 Å². The van der Waals surface area contributed by atoms with E-state index in [1.165, 1.54) is 11.3 Å². The van der Waals surface area contributed by atoms with Gasteiger partial charge in [-0.1, -0.05) is 24.2 Å². The lowest BCUT2D eigenvalue weighted by molar-refractivity contribution is 0.0145. The van der Waals surface area contributed by atoms with Crippen molar-refractivity contribution in [2.75, 3.05) is 19.3 Å². The maximum Gasteiger partial charge on any atom is 0.203 e. The van der Waals surface area contributed by atoms with Gasteiger partial charge in [0.25, 0.3) is 0 Å². The fourth-order valence-corrected chi connectivity index (χ4v) is 3.00. The minimum Gasteiger partial charge on any atom is -0.389 e. The highest BCUT2D eigenvalue weighted by Crippen LogP contribution is 2.30. The Morgan fingerprint density at radius 2 is 2.12 bits per heavy atom. The first-order valence-electron chi connectivity index (χ1n) is 5.56. The molecule has 0 radical (unpaired) electrons. The van der Waals surface area contributed by atoms with Gasteiger partial charge in [0.2, 0.25) is 5.13 Å². The molecule has 1 aromatic rings. The predicted molar refractivity (Wildman–Crippen MR) is 64.1 cm³/mol. The zero-order chi connectivity index (χ0) is 11.6. The molecule has 6 heteroatoms. The van der Waals surface area contributed by atoms with Crippen LogP contribution in [0, 0.1) is 0 Å². The first-order chi connectivity index (χ1) is 7.57. The highest BCUT2D eigenvalue weighted by atomic mass is 32.1. The van der Waals surface area contributed by atoms with Gasteiger partial charge in [0.05, 0.1) is 12.1 Å². The van der Waals surface area contributed by atoms with Gasteiger partial charge in [0.1, 0.15) is 5.01 Å². The number of rotatable bonds is 4. The smallest absolute Gasteiger partial charge is 0.203 e. The third-order valence-corrected chi connectivity index (χ3v) is 3.72. The molecule has 1 fully saturated rings. The van der Waals surface area contributed by atoms with Gasteiger partial charge < -0.3 is 10.8 Å². The summed E-state index contributed by atoms with van der Waals surface area (Å²) in [5.74, 6) is 0. The van der Waals surface area contributed by atoms with E-state index in [1.54, 1.807) is 0 Å². The average Bonchev–Trinajstić information content (AvgIpc) is 2.75. The van der Waals surface area contributed by atoms with Gasteiger partial charge in [-0.15, -0.1) is 10.2 Å². The van der Waals surface area contributed by atoms with E-state index in [9.17, 15) is 5.11 Å². The minimum absolute atomic E-state index is 0.495. The number of hydrogen-bond donors (Lipinski definition) is 2. The van der Waals surface area contributed by atoms with Gasteiger partial charge in [-0.2, -0.15) is 0 Å². The van der Waals surface area contributed by atoms with Gasteiger partial charge in [-0.05, 0) is 19.9 Å². The average molecular weight is 242 g/mol. The SMILES string of the molecule is CN(Cc1nnc(N)s1)CC1(O)CCCC1. The van der Waals surface area contributed by atoms with Crippen LogP contribution in [-0.2, 0) is 6.54 Å². The van der Waals surface area contributed by atoms with E-state index in [1.807, 2.05) is 7.05 Å². The number of nitrogens with two attached hydrogens (primary N) is 1. The minimum atomic E-state index is -0.495. The Kier molecular flexibility index (Phi) is 3.41. The Labute approximate surface area is 99.3 Å². The molecular formula is C10H18N4OS. The van der Waals surface area contributed by atoms with E-state index >= 15 is 0 Å². The van der Waals surface area contributed by atoms with Crippen molar-refractivity contribution in [3.8, 4) is 0 Å². The third kappa shape index (κ3) is 2.90. The number of anilines is 1. The lowest BCUT2D eigenvalue weighted by atomic mass is 10.0. The van der Waals surface area contributed by atoms with Crippen LogP contribution in [0.25, 0.3) is 0 Å². The van der Waals surface area contributed by atoms with Crippen LogP contribution in [0.4, 0.5) is 5.13 Å². The molecule has 3 N–H and O–H groups in total. The summed E-state index contributed by atoms with van der Waals surface area (Å²) < 4.78 is 0. The second kappa shape index (κ2) is 4.65. The van der Waals surface area contributed by atoms with Crippen molar-refractivity contribution in [2.24, 2.45) is 0 Å². The molecule has 1 heterocycles. The standard InChI is InChI=1S/C10H18N4OS/c1-14(6-8-12-13-9(11)16-8)7-10(15)4-2-3-5-10/h15H,2-7H2,1H3,(H2,11,13). The summed E-state index contributed by atoms with van der Waals surface area (Å²) in [6.07, 6.45) is 4.09. The second-order valence-electron chi connectivity index (χ2n) is 4.64. The number of nitrogens with zero attached hydrogens (tertiary/aromatic N) is 3. The molecule has 1 aromatic heterocycles. The summed E-state index contributed by atoms with van der Waals surface area (Å²) in [5, 5.41) is 19.4. The first-order valence-corrected chi connectivity index (χ1v) is 6.38. The molecule has 2 rings (SSSR count). The van der Waals surface area contributed by atoms with E-state index < -0.39 is 5.60 Å². The molecule has 0 aromatic carbocycles. The normalized spacial score (nSPS) is 19.4. The number of hydrogen-bond acceptors (Lipinski definition) is 6. The molecule has 1 aliphatic carbocycles.